The zero-order valence-corrected chi connectivity index (χ0v) is 6.57. The molecule has 2 nitrogen and oxygen atoms in total. The van der Waals surface area contributed by atoms with Crippen molar-refractivity contribution in [2.24, 2.45) is 0 Å². The van der Waals surface area contributed by atoms with Crippen LogP contribution in [0.1, 0.15) is 26.7 Å². The average molecular weight is 148 g/mol. The maximum absolute atomic E-state index is 10.3. The molecule has 0 bridgehead atoms. The molecule has 54 valence electrons. The lowest BCUT2D eigenvalue weighted by molar-refractivity contribution is -0.109. The van der Waals surface area contributed by atoms with E-state index >= 15 is 0 Å². The number of carbonyl (C=O) groups excluding carboxylic acids is 1. The van der Waals surface area contributed by atoms with Crippen molar-refractivity contribution in [2.75, 3.05) is 0 Å². The smallest absolute Gasteiger partial charge is 0.188 e. The summed E-state index contributed by atoms with van der Waals surface area (Å²) in [5.41, 5.74) is -0.493. The molecule has 9 heavy (non-hydrogen) atoms. The maximum Gasteiger partial charge on any atom is 0.188 e. The standard InChI is InChI=1S/C6H12O2S/c1-3-4-6(8)9-5(2)7/h6,8H,3-4H2,1-2H3. The second kappa shape index (κ2) is 4.82. The van der Waals surface area contributed by atoms with E-state index < -0.39 is 5.44 Å². The van der Waals surface area contributed by atoms with E-state index in [1.807, 2.05) is 6.92 Å². The predicted molar refractivity (Wildman–Crippen MR) is 39.2 cm³/mol. The van der Waals surface area contributed by atoms with E-state index in [1.165, 1.54) is 6.92 Å². The van der Waals surface area contributed by atoms with Gasteiger partial charge >= 0.3 is 0 Å². The molecule has 1 N–H and O–H groups in total. The molecule has 0 aromatic rings. The van der Waals surface area contributed by atoms with Gasteiger partial charge < -0.3 is 5.11 Å². The Hall–Kier alpha value is -0.0200. The van der Waals surface area contributed by atoms with Crippen LogP contribution >= 0.6 is 11.8 Å². The van der Waals surface area contributed by atoms with Gasteiger partial charge in [0.2, 0.25) is 0 Å². The number of rotatable bonds is 3. The first-order valence-corrected chi connectivity index (χ1v) is 3.90. The molecule has 3 heteroatoms. The lowest BCUT2D eigenvalue weighted by Gasteiger charge is -2.03. The van der Waals surface area contributed by atoms with Crippen LogP contribution in [0.2, 0.25) is 0 Å². The Balaban J connectivity index is 3.26. The van der Waals surface area contributed by atoms with Crippen LogP contribution in [0.15, 0.2) is 0 Å². The van der Waals surface area contributed by atoms with Crippen LogP contribution in [0.4, 0.5) is 0 Å². The predicted octanol–water partition coefficient (Wildman–Crippen LogP) is 1.38. The summed E-state index contributed by atoms with van der Waals surface area (Å²) in [6.45, 7) is 3.44. The Morgan fingerprint density at radius 1 is 1.78 bits per heavy atom. The molecule has 0 heterocycles. The van der Waals surface area contributed by atoms with Crippen LogP contribution in [0.3, 0.4) is 0 Å². The normalized spacial score (nSPS) is 13.2. The van der Waals surface area contributed by atoms with Crippen LogP contribution in [-0.2, 0) is 4.79 Å². The van der Waals surface area contributed by atoms with Crippen molar-refractivity contribution >= 4 is 16.9 Å². The molecule has 0 aromatic heterocycles. The van der Waals surface area contributed by atoms with Crippen molar-refractivity contribution in [3.63, 3.8) is 0 Å². The van der Waals surface area contributed by atoms with E-state index in [1.54, 1.807) is 0 Å². The van der Waals surface area contributed by atoms with Gasteiger partial charge in [-0.15, -0.1) is 0 Å². The fourth-order valence-corrected chi connectivity index (χ4v) is 1.23. The van der Waals surface area contributed by atoms with Crippen molar-refractivity contribution in [3.8, 4) is 0 Å². The molecule has 0 aliphatic rings. The second-order valence-electron chi connectivity index (χ2n) is 1.85. The number of hydrogen-bond donors (Lipinski definition) is 1. The molecule has 0 aliphatic carbocycles. The van der Waals surface area contributed by atoms with Crippen LogP contribution in [-0.4, -0.2) is 15.7 Å². The molecule has 0 radical (unpaired) electrons. The van der Waals surface area contributed by atoms with Crippen LogP contribution < -0.4 is 0 Å². The van der Waals surface area contributed by atoms with Gasteiger partial charge in [-0.05, 0) is 6.42 Å². The molecule has 0 saturated carbocycles. The van der Waals surface area contributed by atoms with Gasteiger partial charge in [-0.2, -0.15) is 0 Å². The molecule has 0 aliphatic heterocycles. The third-order valence-corrected chi connectivity index (χ3v) is 1.68. The van der Waals surface area contributed by atoms with E-state index in [4.69, 9.17) is 5.11 Å². The Morgan fingerprint density at radius 3 is 2.67 bits per heavy atom. The molecule has 0 aromatic carbocycles. The highest BCUT2D eigenvalue weighted by atomic mass is 32.2. The highest BCUT2D eigenvalue weighted by Crippen LogP contribution is 2.13. The number of aliphatic hydroxyl groups excluding tert-OH is 1. The van der Waals surface area contributed by atoms with Gasteiger partial charge in [0, 0.05) is 6.92 Å². The molecule has 0 rings (SSSR count). The summed E-state index contributed by atoms with van der Waals surface area (Å²) in [5.74, 6) is 0. The summed E-state index contributed by atoms with van der Waals surface area (Å²) in [6, 6.07) is 0. The third-order valence-electron chi connectivity index (χ3n) is 0.838. The summed E-state index contributed by atoms with van der Waals surface area (Å²) >= 11 is 0.996. The first-order valence-electron chi connectivity index (χ1n) is 3.02. The molecular formula is C6H12O2S. The lowest BCUT2D eigenvalue weighted by atomic mass is 10.4. The average Bonchev–Trinajstić information content (AvgIpc) is 1.63. The Labute approximate surface area is 59.6 Å². The van der Waals surface area contributed by atoms with Gasteiger partial charge in [-0.1, -0.05) is 25.1 Å². The number of thioether (sulfide) groups is 1. The molecular weight excluding hydrogens is 136 g/mol. The van der Waals surface area contributed by atoms with Gasteiger partial charge in [-0.3, -0.25) is 4.79 Å². The molecule has 0 amide bonds. The third kappa shape index (κ3) is 5.86. The summed E-state index contributed by atoms with van der Waals surface area (Å²) < 4.78 is 0. The van der Waals surface area contributed by atoms with Gasteiger partial charge in [0.25, 0.3) is 0 Å². The Bertz CT molecular complexity index is 93.1. The maximum atomic E-state index is 10.3. The van der Waals surface area contributed by atoms with Gasteiger partial charge in [0.1, 0.15) is 5.44 Å². The van der Waals surface area contributed by atoms with E-state index in [2.05, 4.69) is 0 Å². The van der Waals surface area contributed by atoms with Crippen molar-refractivity contribution < 1.29 is 9.90 Å². The quantitative estimate of drug-likeness (QED) is 0.614. The fraction of sp³-hybridized carbons (Fsp3) is 0.833. The summed E-state index contributed by atoms with van der Waals surface area (Å²) in [5, 5.41) is 8.94. The highest BCUT2D eigenvalue weighted by molar-refractivity contribution is 8.13. The van der Waals surface area contributed by atoms with Crippen LogP contribution in [0.25, 0.3) is 0 Å². The summed E-state index contributed by atoms with van der Waals surface area (Å²) in [4.78, 5) is 10.3. The summed E-state index contributed by atoms with van der Waals surface area (Å²) in [7, 11) is 0. The van der Waals surface area contributed by atoms with E-state index in [0.717, 1.165) is 18.2 Å². The van der Waals surface area contributed by atoms with Gasteiger partial charge in [0.05, 0.1) is 0 Å². The zero-order chi connectivity index (χ0) is 7.28. The van der Waals surface area contributed by atoms with E-state index in [9.17, 15) is 4.79 Å². The molecule has 0 saturated heterocycles. The monoisotopic (exact) mass is 148 g/mol. The van der Waals surface area contributed by atoms with E-state index in [-0.39, 0.29) is 5.12 Å². The largest absolute Gasteiger partial charge is 0.382 e. The Kier molecular flexibility index (Phi) is 4.81. The summed E-state index contributed by atoms with van der Waals surface area (Å²) in [6.07, 6.45) is 1.62. The minimum absolute atomic E-state index is 0.0176. The zero-order valence-electron chi connectivity index (χ0n) is 5.76. The lowest BCUT2D eigenvalue weighted by Crippen LogP contribution is -2.02. The number of aliphatic hydroxyl groups is 1. The number of hydrogen-bond acceptors (Lipinski definition) is 3. The first-order chi connectivity index (χ1) is 4.16. The first kappa shape index (κ1) is 8.98. The minimum Gasteiger partial charge on any atom is -0.382 e. The van der Waals surface area contributed by atoms with Crippen molar-refractivity contribution in [2.45, 2.75) is 32.1 Å². The van der Waals surface area contributed by atoms with Crippen LogP contribution in [0, 0.1) is 0 Å². The van der Waals surface area contributed by atoms with Gasteiger partial charge in [0.15, 0.2) is 5.12 Å². The topological polar surface area (TPSA) is 37.3 Å². The molecule has 1 atom stereocenters. The molecule has 1 unspecified atom stereocenters. The highest BCUT2D eigenvalue weighted by Gasteiger charge is 2.04. The van der Waals surface area contributed by atoms with E-state index in [0.29, 0.717) is 6.42 Å². The number of carbonyl (C=O) groups is 1. The second-order valence-corrected chi connectivity index (χ2v) is 3.21. The Morgan fingerprint density at radius 2 is 2.33 bits per heavy atom. The molecule has 0 fully saturated rings. The van der Waals surface area contributed by atoms with Crippen molar-refractivity contribution in [1.29, 1.82) is 0 Å². The van der Waals surface area contributed by atoms with Crippen molar-refractivity contribution in [1.82, 2.24) is 0 Å². The SMILES string of the molecule is CCCC(O)SC(C)=O. The van der Waals surface area contributed by atoms with Crippen LogP contribution in [0.5, 0.6) is 0 Å². The minimum atomic E-state index is -0.493. The van der Waals surface area contributed by atoms with Crippen molar-refractivity contribution in [3.05, 3.63) is 0 Å². The fourth-order valence-electron chi connectivity index (χ4n) is 0.497. The molecule has 0 spiro atoms. The van der Waals surface area contributed by atoms with Gasteiger partial charge in [-0.25, -0.2) is 0 Å².